The molecule has 0 amide bonds. The first-order valence-corrected chi connectivity index (χ1v) is 6.95. The van der Waals surface area contributed by atoms with Gasteiger partial charge in [0.15, 0.2) is 5.78 Å². The zero-order valence-electron chi connectivity index (χ0n) is 12.2. The summed E-state index contributed by atoms with van der Waals surface area (Å²) in [5.74, 6) is -2.70. The van der Waals surface area contributed by atoms with Gasteiger partial charge in [0.1, 0.15) is 0 Å². The van der Waals surface area contributed by atoms with E-state index in [4.69, 9.17) is 18.7 Å². The molecule has 0 saturated carbocycles. The molecule has 1 N–H and O–H groups in total. The summed E-state index contributed by atoms with van der Waals surface area (Å²) >= 11 is 0. The molecule has 0 aliphatic heterocycles. The molecule has 5 nitrogen and oxygen atoms in total. The maximum Gasteiger partial charge on any atom is 0.448 e. The van der Waals surface area contributed by atoms with E-state index >= 15 is 0 Å². The van der Waals surface area contributed by atoms with Crippen LogP contribution in [0.2, 0.25) is 0 Å². The summed E-state index contributed by atoms with van der Waals surface area (Å²) in [5.41, 5.74) is 0. The standard InChI is InChI=1S/C6H15O3P.C5H5F3O2.Ag/c1-4-7-10(8-5-2)9-6-3;1-3(9)2-4(10)5(6,7)8;/h4-6H2,1-3H3;2,10H,1H3;. The van der Waals surface area contributed by atoms with Gasteiger partial charge in [0.05, 0.1) is 19.8 Å². The van der Waals surface area contributed by atoms with Gasteiger partial charge in [0.2, 0.25) is 5.76 Å². The van der Waals surface area contributed by atoms with Crippen molar-refractivity contribution in [1.82, 2.24) is 0 Å². The van der Waals surface area contributed by atoms with Gasteiger partial charge >= 0.3 is 14.8 Å². The van der Waals surface area contributed by atoms with E-state index in [0.29, 0.717) is 19.8 Å². The van der Waals surface area contributed by atoms with Gasteiger partial charge in [-0.25, -0.2) is 0 Å². The molecule has 0 unspecified atom stereocenters. The quantitative estimate of drug-likeness (QED) is 0.289. The molecule has 21 heavy (non-hydrogen) atoms. The first-order valence-electron chi connectivity index (χ1n) is 5.86. The van der Waals surface area contributed by atoms with Crippen molar-refractivity contribution in [2.75, 3.05) is 19.8 Å². The van der Waals surface area contributed by atoms with Crippen molar-refractivity contribution < 1.29 is 59.0 Å². The van der Waals surface area contributed by atoms with Gasteiger partial charge in [-0.1, -0.05) is 0 Å². The van der Waals surface area contributed by atoms with Crippen molar-refractivity contribution in [2.45, 2.75) is 33.9 Å². The molecule has 1 radical (unpaired) electrons. The fourth-order valence-electron chi connectivity index (χ4n) is 0.702. The number of hydrogen-bond acceptors (Lipinski definition) is 5. The normalized spacial score (nSPS) is 11.5. The van der Waals surface area contributed by atoms with Crippen LogP contribution in [0.15, 0.2) is 11.8 Å². The molecule has 0 aliphatic rings. The van der Waals surface area contributed by atoms with Gasteiger partial charge in [0, 0.05) is 28.5 Å². The molecule has 0 aromatic heterocycles. The average Bonchev–Trinajstić information content (AvgIpc) is 2.28. The first kappa shape index (κ1) is 26.0. The van der Waals surface area contributed by atoms with Gasteiger partial charge in [-0.05, 0) is 27.7 Å². The number of ketones is 1. The summed E-state index contributed by atoms with van der Waals surface area (Å²) in [6.45, 7) is 8.62. The van der Waals surface area contributed by atoms with E-state index in [-0.39, 0.29) is 28.5 Å². The fourth-order valence-corrected chi connectivity index (χ4v) is 1.56. The van der Waals surface area contributed by atoms with Gasteiger partial charge in [-0.15, -0.1) is 0 Å². The van der Waals surface area contributed by atoms with E-state index in [1.807, 2.05) is 20.8 Å². The third-order valence-electron chi connectivity index (χ3n) is 1.33. The Balaban J connectivity index is -0.000000295. The Labute approximate surface area is 139 Å². The van der Waals surface area contributed by atoms with Gasteiger partial charge in [-0.2, -0.15) is 13.2 Å². The minimum atomic E-state index is -4.81. The number of aliphatic hydroxyl groups excluding tert-OH is 1. The van der Waals surface area contributed by atoms with Crippen LogP contribution in [0.4, 0.5) is 13.2 Å². The number of allylic oxidation sites excluding steroid dienone is 2. The summed E-state index contributed by atoms with van der Waals surface area (Å²) in [6.07, 6.45) is -4.69. The molecule has 0 spiro atoms. The molecule has 0 aromatic carbocycles. The number of alkyl halides is 3. The van der Waals surface area contributed by atoms with Crippen LogP contribution in [0, 0.1) is 0 Å². The van der Waals surface area contributed by atoms with Crippen molar-refractivity contribution in [3.63, 3.8) is 0 Å². The topological polar surface area (TPSA) is 65.0 Å². The molecule has 0 heterocycles. The minimum Gasteiger partial charge on any atom is -0.504 e. The smallest absolute Gasteiger partial charge is 0.448 e. The molecule has 0 atom stereocenters. The Morgan fingerprint density at radius 1 is 1.10 bits per heavy atom. The predicted octanol–water partition coefficient (Wildman–Crippen LogP) is 3.90. The Hall–Kier alpha value is 0.0503. The molecule has 10 heteroatoms. The number of carbonyl (C=O) groups is 1. The molecule has 131 valence electrons. The summed E-state index contributed by atoms with van der Waals surface area (Å²) in [6, 6.07) is 0. The number of rotatable bonds is 7. The van der Waals surface area contributed by atoms with Gasteiger partial charge in [-0.3, -0.25) is 4.79 Å². The van der Waals surface area contributed by atoms with Crippen LogP contribution in [0.5, 0.6) is 0 Å². The van der Waals surface area contributed by atoms with Crippen molar-refractivity contribution in [3.8, 4) is 0 Å². The zero-order valence-corrected chi connectivity index (χ0v) is 14.5. The van der Waals surface area contributed by atoms with Crippen LogP contribution in [-0.2, 0) is 40.7 Å². The average molecular weight is 428 g/mol. The van der Waals surface area contributed by atoms with Gasteiger partial charge in [0.25, 0.3) is 0 Å². The summed E-state index contributed by atoms with van der Waals surface area (Å²) in [7, 11) is -1.06. The maximum absolute atomic E-state index is 11.3. The Bertz CT molecular complexity index is 286. The van der Waals surface area contributed by atoms with Crippen LogP contribution in [-0.4, -0.2) is 36.9 Å². The summed E-state index contributed by atoms with van der Waals surface area (Å²) in [4.78, 5) is 9.96. The van der Waals surface area contributed by atoms with Gasteiger partial charge < -0.3 is 18.7 Å². The van der Waals surface area contributed by atoms with Crippen LogP contribution in [0.25, 0.3) is 0 Å². The minimum absolute atomic E-state index is 0. The van der Waals surface area contributed by atoms with Crippen LogP contribution >= 0.6 is 8.60 Å². The number of carbonyl (C=O) groups excluding carboxylic acids is 1. The molecule has 0 fully saturated rings. The Morgan fingerprint density at radius 2 is 1.43 bits per heavy atom. The molecule has 0 rings (SSSR count). The molecule has 0 saturated heterocycles. The summed E-state index contributed by atoms with van der Waals surface area (Å²) in [5, 5.41) is 8.07. The number of hydrogen-bond donors (Lipinski definition) is 1. The molecule has 0 aromatic rings. The second-order valence-corrected chi connectivity index (χ2v) is 4.34. The van der Waals surface area contributed by atoms with E-state index in [1.54, 1.807) is 0 Å². The first-order chi connectivity index (χ1) is 9.18. The molecular weight excluding hydrogens is 408 g/mol. The largest absolute Gasteiger partial charge is 0.504 e. The summed E-state index contributed by atoms with van der Waals surface area (Å²) < 4.78 is 49.4. The second-order valence-electron chi connectivity index (χ2n) is 3.11. The van der Waals surface area contributed by atoms with Crippen LogP contribution < -0.4 is 0 Å². The predicted molar refractivity (Wildman–Crippen MR) is 69.2 cm³/mol. The molecule has 0 bridgehead atoms. The molecular formula is C11H20AgF3O5P. The van der Waals surface area contributed by atoms with Crippen LogP contribution in [0.1, 0.15) is 27.7 Å². The fraction of sp³-hybridized carbons (Fsp3) is 0.727. The monoisotopic (exact) mass is 427 g/mol. The van der Waals surface area contributed by atoms with E-state index in [1.165, 1.54) is 0 Å². The van der Waals surface area contributed by atoms with E-state index < -0.39 is 26.3 Å². The third-order valence-corrected chi connectivity index (χ3v) is 2.74. The van der Waals surface area contributed by atoms with E-state index in [2.05, 4.69) is 0 Å². The van der Waals surface area contributed by atoms with Crippen molar-refractivity contribution in [2.24, 2.45) is 0 Å². The second kappa shape index (κ2) is 15.0. The van der Waals surface area contributed by atoms with E-state index in [9.17, 15) is 18.0 Å². The Morgan fingerprint density at radius 3 is 1.57 bits per heavy atom. The zero-order chi connectivity index (χ0) is 16.2. The van der Waals surface area contributed by atoms with E-state index in [0.717, 1.165) is 6.92 Å². The number of halogens is 3. The van der Waals surface area contributed by atoms with Crippen molar-refractivity contribution >= 4 is 14.4 Å². The number of aliphatic hydroxyl groups is 1. The van der Waals surface area contributed by atoms with Crippen LogP contribution in [0.3, 0.4) is 0 Å². The SMILES string of the molecule is CC(=O)C=C(O)C(F)(F)F.CCOP(OCC)OCC.[Ag]. The van der Waals surface area contributed by atoms with Crippen molar-refractivity contribution in [1.29, 1.82) is 0 Å². The van der Waals surface area contributed by atoms with Crippen molar-refractivity contribution in [3.05, 3.63) is 11.8 Å². The molecule has 0 aliphatic carbocycles. The third kappa shape index (κ3) is 18.0. The Kier molecular flexibility index (Phi) is 18.5. The maximum atomic E-state index is 11.3.